The fourth-order valence-electron chi connectivity index (χ4n) is 2.53. The van der Waals surface area contributed by atoms with Gasteiger partial charge in [-0.1, -0.05) is 6.07 Å². The molecule has 6 nitrogen and oxygen atoms in total. The van der Waals surface area contributed by atoms with Crippen molar-refractivity contribution in [1.82, 2.24) is 9.97 Å². The Morgan fingerprint density at radius 1 is 1.20 bits per heavy atom. The van der Waals surface area contributed by atoms with Crippen LogP contribution >= 0.6 is 22.7 Å². The van der Waals surface area contributed by atoms with Gasteiger partial charge in [0.05, 0.1) is 30.0 Å². The van der Waals surface area contributed by atoms with Crippen LogP contribution in [0.2, 0.25) is 0 Å². The average molecular weight is 372 g/mol. The predicted octanol–water partition coefficient (Wildman–Crippen LogP) is 3.36. The van der Waals surface area contributed by atoms with Gasteiger partial charge in [-0.25, -0.2) is 9.97 Å². The number of carbonyl (C=O) groups excluding carboxylic acids is 1. The van der Waals surface area contributed by atoms with E-state index in [-0.39, 0.29) is 5.91 Å². The lowest BCUT2D eigenvalue weighted by Crippen LogP contribution is -2.36. The highest BCUT2D eigenvalue weighted by atomic mass is 32.1. The molecule has 128 valence electrons. The van der Waals surface area contributed by atoms with Gasteiger partial charge >= 0.3 is 0 Å². The summed E-state index contributed by atoms with van der Waals surface area (Å²) in [7, 11) is 0. The minimum atomic E-state index is -0.222. The summed E-state index contributed by atoms with van der Waals surface area (Å²) >= 11 is 3.08. The molecule has 0 aromatic carbocycles. The van der Waals surface area contributed by atoms with E-state index in [0.29, 0.717) is 11.4 Å². The fourth-order valence-corrected chi connectivity index (χ4v) is 4.14. The number of aromatic nitrogens is 2. The number of pyridine rings is 1. The zero-order chi connectivity index (χ0) is 17.1. The molecular formula is C17H16N4O2S2. The van der Waals surface area contributed by atoms with E-state index in [0.717, 1.165) is 42.0 Å². The van der Waals surface area contributed by atoms with Gasteiger partial charge in [0, 0.05) is 18.5 Å². The van der Waals surface area contributed by atoms with Gasteiger partial charge in [0.2, 0.25) is 0 Å². The van der Waals surface area contributed by atoms with Crippen molar-refractivity contribution in [1.29, 1.82) is 0 Å². The van der Waals surface area contributed by atoms with Crippen molar-refractivity contribution in [3.05, 3.63) is 46.9 Å². The summed E-state index contributed by atoms with van der Waals surface area (Å²) in [6, 6.07) is 7.75. The van der Waals surface area contributed by atoms with Crippen molar-refractivity contribution in [3.63, 3.8) is 0 Å². The van der Waals surface area contributed by atoms with Gasteiger partial charge in [0.25, 0.3) is 5.91 Å². The molecule has 1 amide bonds. The molecule has 3 aromatic heterocycles. The Morgan fingerprint density at radius 2 is 2.08 bits per heavy atom. The number of hydrogen-bond donors (Lipinski definition) is 1. The zero-order valence-corrected chi connectivity index (χ0v) is 15.0. The first-order chi connectivity index (χ1) is 12.3. The van der Waals surface area contributed by atoms with Gasteiger partial charge in [-0.15, -0.1) is 22.7 Å². The number of anilines is 2. The van der Waals surface area contributed by atoms with Crippen molar-refractivity contribution < 1.29 is 9.53 Å². The van der Waals surface area contributed by atoms with Crippen molar-refractivity contribution >= 4 is 40.1 Å². The molecule has 4 rings (SSSR count). The second-order valence-corrected chi connectivity index (χ2v) is 7.28. The standard InChI is InChI=1S/C17H16N4O2S2/c22-16(13-11-25-17(20-13)14-2-1-9-24-14)19-12-3-4-15(18-10-12)21-5-7-23-8-6-21/h1-4,9-11H,5-8H2,(H,19,22). The highest BCUT2D eigenvalue weighted by Gasteiger charge is 2.14. The lowest BCUT2D eigenvalue weighted by molar-refractivity contribution is 0.102. The Hall–Kier alpha value is -2.29. The second kappa shape index (κ2) is 7.30. The van der Waals surface area contributed by atoms with E-state index in [4.69, 9.17) is 4.74 Å². The maximum atomic E-state index is 12.4. The summed E-state index contributed by atoms with van der Waals surface area (Å²) in [4.78, 5) is 24.5. The molecular weight excluding hydrogens is 356 g/mol. The maximum absolute atomic E-state index is 12.4. The average Bonchev–Trinajstić information content (AvgIpc) is 3.35. The Kier molecular flexibility index (Phi) is 4.73. The van der Waals surface area contributed by atoms with Crippen LogP contribution in [0.5, 0.6) is 0 Å². The van der Waals surface area contributed by atoms with E-state index in [1.165, 1.54) is 11.3 Å². The van der Waals surface area contributed by atoms with Crippen LogP contribution in [0.4, 0.5) is 11.5 Å². The molecule has 0 spiro atoms. The Balaban J connectivity index is 1.42. The van der Waals surface area contributed by atoms with E-state index in [1.54, 1.807) is 22.9 Å². The number of hydrogen-bond acceptors (Lipinski definition) is 7. The van der Waals surface area contributed by atoms with Gasteiger partial charge in [-0.2, -0.15) is 0 Å². The van der Waals surface area contributed by atoms with E-state index in [1.807, 2.05) is 29.6 Å². The lowest BCUT2D eigenvalue weighted by atomic mass is 10.3. The summed E-state index contributed by atoms with van der Waals surface area (Å²) < 4.78 is 5.34. The van der Waals surface area contributed by atoms with E-state index < -0.39 is 0 Å². The van der Waals surface area contributed by atoms with E-state index in [2.05, 4.69) is 20.2 Å². The Labute approximate surface area is 153 Å². The van der Waals surface area contributed by atoms with Crippen LogP contribution in [0, 0.1) is 0 Å². The minimum absolute atomic E-state index is 0.222. The normalized spacial score (nSPS) is 14.5. The highest BCUT2D eigenvalue weighted by molar-refractivity contribution is 7.20. The number of carbonyl (C=O) groups is 1. The van der Waals surface area contributed by atoms with Gasteiger partial charge in [-0.05, 0) is 23.6 Å². The van der Waals surface area contributed by atoms with E-state index in [9.17, 15) is 4.79 Å². The second-order valence-electron chi connectivity index (χ2n) is 5.47. The molecule has 1 aliphatic rings. The molecule has 1 N–H and O–H groups in total. The molecule has 0 radical (unpaired) electrons. The highest BCUT2D eigenvalue weighted by Crippen LogP contribution is 2.28. The van der Waals surface area contributed by atoms with Crippen LogP contribution in [-0.2, 0) is 4.74 Å². The van der Waals surface area contributed by atoms with Crippen LogP contribution < -0.4 is 10.2 Å². The van der Waals surface area contributed by atoms with Crippen molar-refractivity contribution in [2.75, 3.05) is 36.5 Å². The molecule has 0 aliphatic carbocycles. The molecule has 25 heavy (non-hydrogen) atoms. The van der Waals surface area contributed by atoms with Crippen LogP contribution in [0.1, 0.15) is 10.5 Å². The molecule has 4 heterocycles. The van der Waals surface area contributed by atoms with Crippen LogP contribution in [0.3, 0.4) is 0 Å². The molecule has 0 atom stereocenters. The quantitative estimate of drug-likeness (QED) is 0.761. The Bertz CT molecular complexity index is 840. The van der Waals surface area contributed by atoms with Gasteiger partial charge in [0.1, 0.15) is 16.5 Å². The smallest absolute Gasteiger partial charge is 0.275 e. The van der Waals surface area contributed by atoms with Crippen LogP contribution in [0.25, 0.3) is 9.88 Å². The summed E-state index contributed by atoms with van der Waals surface area (Å²) in [6.07, 6.45) is 1.68. The van der Waals surface area contributed by atoms with Crippen molar-refractivity contribution in [2.24, 2.45) is 0 Å². The number of ether oxygens (including phenoxy) is 1. The number of nitrogens with zero attached hydrogens (tertiary/aromatic N) is 3. The third-order valence-corrected chi connectivity index (χ3v) is 5.69. The number of nitrogens with one attached hydrogen (secondary N) is 1. The molecule has 3 aromatic rings. The van der Waals surface area contributed by atoms with Crippen LogP contribution in [-0.4, -0.2) is 42.2 Å². The zero-order valence-electron chi connectivity index (χ0n) is 13.3. The third-order valence-electron chi connectivity index (χ3n) is 3.81. The lowest BCUT2D eigenvalue weighted by Gasteiger charge is -2.27. The summed E-state index contributed by atoms with van der Waals surface area (Å²) in [5.41, 5.74) is 1.08. The van der Waals surface area contributed by atoms with Crippen LogP contribution in [0.15, 0.2) is 41.2 Å². The first-order valence-corrected chi connectivity index (χ1v) is 9.65. The van der Waals surface area contributed by atoms with Crippen molar-refractivity contribution in [2.45, 2.75) is 0 Å². The number of thiazole rings is 1. The predicted molar refractivity (Wildman–Crippen MR) is 101 cm³/mol. The third kappa shape index (κ3) is 3.71. The van der Waals surface area contributed by atoms with Crippen molar-refractivity contribution in [3.8, 4) is 9.88 Å². The monoisotopic (exact) mass is 372 g/mol. The minimum Gasteiger partial charge on any atom is -0.378 e. The number of rotatable bonds is 4. The molecule has 0 bridgehead atoms. The first-order valence-electron chi connectivity index (χ1n) is 7.89. The number of morpholine rings is 1. The maximum Gasteiger partial charge on any atom is 0.275 e. The summed E-state index contributed by atoms with van der Waals surface area (Å²) in [6.45, 7) is 3.11. The summed E-state index contributed by atoms with van der Waals surface area (Å²) in [5.74, 6) is 0.676. The summed E-state index contributed by atoms with van der Waals surface area (Å²) in [5, 5.41) is 7.49. The fraction of sp³-hybridized carbons (Fsp3) is 0.235. The topological polar surface area (TPSA) is 67.4 Å². The van der Waals surface area contributed by atoms with Gasteiger partial charge in [-0.3, -0.25) is 4.79 Å². The SMILES string of the molecule is O=C(Nc1ccc(N2CCOCC2)nc1)c1csc(-c2cccs2)n1. The molecule has 1 aliphatic heterocycles. The van der Waals surface area contributed by atoms with Gasteiger partial charge in [0.15, 0.2) is 0 Å². The van der Waals surface area contributed by atoms with E-state index >= 15 is 0 Å². The first kappa shape index (κ1) is 16.2. The molecule has 1 saturated heterocycles. The molecule has 0 saturated carbocycles. The number of amides is 1. The Morgan fingerprint density at radius 3 is 2.80 bits per heavy atom. The van der Waals surface area contributed by atoms with Gasteiger partial charge < -0.3 is 15.0 Å². The molecule has 0 unspecified atom stereocenters. The molecule has 1 fully saturated rings. The number of thiophene rings is 1. The largest absolute Gasteiger partial charge is 0.378 e. The molecule has 8 heteroatoms.